The Bertz CT molecular complexity index is 711. The largest absolute Gasteiger partial charge is 0.494 e. The lowest BCUT2D eigenvalue weighted by Gasteiger charge is -2.12. The number of hydrogen-bond acceptors (Lipinski definition) is 3. The average molecular weight is 250 g/mol. The third kappa shape index (κ3) is 1.71. The minimum absolute atomic E-state index is 0.0442. The highest BCUT2D eigenvalue weighted by Crippen LogP contribution is 2.21. The molecule has 2 N–H and O–H groups in total. The summed E-state index contributed by atoms with van der Waals surface area (Å²) in [5.74, 6) is -1.21. The van der Waals surface area contributed by atoms with Gasteiger partial charge >= 0.3 is 5.69 Å². The number of aryl methyl sites for hydroxylation is 1. The lowest BCUT2D eigenvalue weighted by atomic mass is 10.2. The normalized spacial score (nSPS) is 10.6. The van der Waals surface area contributed by atoms with Crippen molar-refractivity contribution in [3.8, 4) is 11.6 Å². The quantitative estimate of drug-likeness (QED) is 0.792. The van der Waals surface area contributed by atoms with Crippen molar-refractivity contribution in [2.45, 2.75) is 13.8 Å². The summed E-state index contributed by atoms with van der Waals surface area (Å²) in [7, 11) is 0. The highest BCUT2D eigenvalue weighted by atomic mass is 19.1. The molecule has 0 fully saturated rings. The Labute approximate surface area is 101 Å². The number of H-pyrrole nitrogens is 1. The van der Waals surface area contributed by atoms with Crippen molar-refractivity contribution in [1.82, 2.24) is 9.55 Å². The van der Waals surface area contributed by atoms with Crippen LogP contribution in [0.2, 0.25) is 0 Å². The van der Waals surface area contributed by atoms with E-state index in [1.807, 2.05) is 4.98 Å². The Kier molecular flexibility index (Phi) is 2.78. The molecule has 6 heteroatoms. The molecular weight excluding hydrogens is 239 g/mol. The van der Waals surface area contributed by atoms with Crippen LogP contribution in [0, 0.1) is 19.7 Å². The third-order valence-electron chi connectivity index (χ3n) is 2.72. The molecule has 0 aliphatic carbocycles. The van der Waals surface area contributed by atoms with Crippen molar-refractivity contribution in [1.29, 1.82) is 0 Å². The predicted molar refractivity (Wildman–Crippen MR) is 63.8 cm³/mol. The predicted octanol–water partition coefficient (Wildman–Crippen LogP) is 0.987. The van der Waals surface area contributed by atoms with Crippen molar-refractivity contribution >= 4 is 0 Å². The molecule has 0 aliphatic heterocycles. The van der Waals surface area contributed by atoms with Gasteiger partial charge in [0.2, 0.25) is 5.88 Å². The molecule has 2 aromatic rings. The fraction of sp³-hybridized carbons (Fsp3) is 0.167. The lowest BCUT2D eigenvalue weighted by Crippen LogP contribution is -2.31. The molecule has 94 valence electrons. The van der Waals surface area contributed by atoms with E-state index in [-0.39, 0.29) is 11.3 Å². The number of nitrogens with one attached hydrogen (secondary N) is 1. The number of halogens is 1. The number of benzene rings is 1. The summed E-state index contributed by atoms with van der Waals surface area (Å²) in [6, 6.07) is 4.27. The van der Waals surface area contributed by atoms with Crippen LogP contribution in [0.3, 0.4) is 0 Å². The molecule has 1 aromatic carbocycles. The Morgan fingerprint density at radius 3 is 2.56 bits per heavy atom. The third-order valence-corrected chi connectivity index (χ3v) is 2.72. The minimum Gasteiger partial charge on any atom is -0.494 e. The number of rotatable bonds is 1. The zero-order valence-corrected chi connectivity index (χ0v) is 9.82. The van der Waals surface area contributed by atoms with Gasteiger partial charge in [-0.2, -0.15) is 0 Å². The maximum absolute atomic E-state index is 13.8. The minimum atomic E-state index is -0.878. The topological polar surface area (TPSA) is 75.1 Å². The van der Waals surface area contributed by atoms with Crippen LogP contribution in [0.25, 0.3) is 5.69 Å². The fourth-order valence-corrected chi connectivity index (χ4v) is 1.73. The first kappa shape index (κ1) is 12.1. The first-order valence-electron chi connectivity index (χ1n) is 5.24. The van der Waals surface area contributed by atoms with Gasteiger partial charge in [0.15, 0.2) is 0 Å². The van der Waals surface area contributed by atoms with E-state index in [1.54, 1.807) is 13.0 Å². The van der Waals surface area contributed by atoms with E-state index in [1.165, 1.54) is 19.1 Å². The molecule has 0 atom stereocenters. The summed E-state index contributed by atoms with van der Waals surface area (Å²) in [4.78, 5) is 25.0. The summed E-state index contributed by atoms with van der Waals surface area (Å²) in [5.41, 5.74) is -1.21. The molecular formula is C12H11FN2O3. The average Bonchev–Trinajstić information content (AvgIpc) is 2.30. The Morgan fingerprint density at radius 2 is 1.94 bits per heavy atom. The van der Waals surface area contributed by atoms with Crippen LogP contribution < -0.4 is 11.2 Å². The first-order chi connectivity index (χ1) is 8.43. The van der Waals surface area contributed by atoms with E-state index >= 15 is 0 Å². The summed E-state index contributed by atoms with van der Waals surface area (Å²) in [6.45, 7) is 2.95. The van der Waals surface area contributed by atoms with Gasteiger partial charge < -0.3 is 5.11 Å². The molecule has 1 aromatic heterocycles. The van der Waals surface area contributed by atoms with Crippen molar-refractivity contribution in [3.05, 3.63) is 56.0 Å². The number of nitrogens with zero attached hydrogens (tertiary/aromatic N) is 1. The number of hydrogen-bond donors (Lipinski definition) is 2. The molecule has 5 nitrogen and oxygen atoms in total. The van der Waals surface area contributed by atoms with Gasteiger partial charge in [-0.25, -0.2) is 13.8 Å². The van der Waals surface area contributed by atoms with Crippen molar-refractivity contribution in [3.63, 3.8) is 0 Å². The van der Waals surface area contributed by atoms with Crippen molar-refractivity contribution < 1.29 is 9.50 Å². The zero-order chi connectivity index (χ0) is 13.4. The summed E-state index contributed by atoms with van der Waals surface area (Å²) < 4.78 is 14.5. The molecule has 1 heterocycles. The van der Waals surface area contributed by atoms with E-state index in [0.717, 1.165) is 4.57 Å². The van der Waals surface area contributed by atoms with Crippen LogP contribution in [0.15, 0.2) is 27.8 Å². The van der Waals surface area contributed by atoms with Crippen LogP contribution in [-0.2, 0) is 0 Å². The van der Waals surface area contributed by atoms with Crippen LogP contribution in [0.4, 0.5) is 4.39 Å². The van der Waals surface area contributed by atoms with Gasteiger partial charge in [0.25, 0.3) is 5.56 Å². The zero-order valence-electron chi connectivity index (χ0n) is 9.82. The smallest absolute Gasteiger partial charge is 0.335 e. The molecule has 0 aliphatic rings. The highest BCUT2D eigenvalue weighted by Gasteiger charge is 2.16. The molecule has 0 saturated carbocycles. The van der Waals surface area contributed by atoms with E-state index in [2.05, 4.69) is 0 Å². The van der Waals surface area contributed by atoms with Gasteiger partial charge in [0.05, 0.1) is 11.3 Å². The van der Waals surface area contributed by atoms with Gasteiger partial charge in [-0.3, -0.25) is 9.78 Å². The molecule has 0 bridgehead atoms. The molecule has 0 amide bonds. The highest BCUT2D eigenvalue weighted by molar-refractivity contribution is 5.44. The Balaban J connectivity index is 2.93. The SMILES string of the molecule is Cc1cccc(F)c1-n1c(O)c(C)c(=O)[nH]c1=O. The second kappa shape index (κ2) is 4.14. The Morgan fingerprint density at radius 1 is 1.28 bits per heavy atom. The number of aromatic nitrogens is 2. The maximum Gasteiger partial charge on any atom is 0.335 e. The van der Waals surface area contributed by atoms with Gasteiger partial charge in [-0.1, -0.05) is 12.1 Å². The molecule has 0 radical (unpaired) electrons. The van der Waals surface area contributed by atoms with Crippen molar-refractivity contribution in [2.75, 3.05) is 0 Å². The van der Waals surface area contributed by atoms with Crippen LogP contribution in [-0.4, -0.2) is 14.7 Å². The Hall–Kier alpha value is -2.37. The van der Waals surface area contributed by atoms with Crippen LogP contribution in [0.5, 0.6) is 5.88 Å². The molecule has 18 heavy (non-hydrogen) atoms. The van der Waals surface area contributed by atoms with E-state index < -0.39 is 22.9 Å². The summed E-state index contributed by atoms with van der Waals surface area (Å²) >= 11 is 0. The second-order valence-corrected chi connectivity index (χ2v) is 3.95. The van der Waals surface area contributed by atoms with Crippen molar-refractivity contribution in [2.24, 2.45) is 0 Å². The lowest BCUT2D eigenvalue weighted by molar-refractivity contribution is 0.422. The molecule has 0 spiro atoms. The summed E-state index contributed by atoms with van der Waals surface area (Å²) in [6.07, 6.45) is 0. The molecule has 0 unspecified atom stereocenters. The van der Waals surface area contributed by atoms with Crippen LogP contribution >= 0.6 is 0 Å². The monoisotopic (exact) mass is 250 g/mol. The molecule has 2 rings (SSSR count). The van der Waals surface area contributed by atoms with Gasteiger partial charge in [-0.15, -0.1) is 0 Å². The second-order valence-electron chi connectivity index (χ2n) is 3.95. The molecule has 0 saturated heterocycles. The fourth-order valence-electron chi connectivity index (χ4n) is 1.73. The van der Waals surface area contributed by atoms with Crippen LogP contribution in [0.1, 0.15) is 11.1 Å². The van der Waals surface area contributed by atoms with Gasteiger partial charge in [0, 0.05) is 0 Å². The standard InChI is InChI=1S/C12H11FN2O3/c1-6-4-3-5-8(13)9(6)15-11(17)7(2)10(16)14-12(15)18/h3-5,17H,1-2H3,(H,14,16,18). The van der Waals surface area contributed by atoms with E-state index in [9.17, 15) is 19.1 Å². The summed E-state index contributed by atoms with van der Waals surface area (Å²) in [5, 5.41) is 9.84. The van der Waals surface area contributed by atoms with Gasteiger partial charge in [0.1, 0.15) is 5.82 Å². The number of para-hydroxylation sites is 1. The maximum atomic E-state index is 13.8. The van der Waals surface area contributed by atoms with Gasteiger partial charge in [-0.05, 0) is 25.5 Å². The number of aromatic hydroxyl groups is 1. The van der Waals surface area contributed by atoms with E-state index in [0.29, 0.717) is 5.56 Å². The van der Waals surface area contributed by atoms with E-state index in [4.69, 9.17) is 0 Å². The first-order valence-corrected chi connectivity index (χ1v) is 5.24. The number of aromatic amines is 1.